The number of halogens is 2. The van der Waals surface area contributed by atoms with Crippen molar-refractivity contribution in [2.75, 3.05) is 6.61 Å². The van der Waals surface area contributed by atoms with Crippen LogP contribution in [0.25, 0.3) is 0 Å². The molecule has 0 bridgehead atoms. The summed E-state index contributed by atoms with van der Waals surface area (Å²) in [5, 5.41) is 8.90. The van der Waals surface area contributed by atoms with Crippen LogP contribution in [0.5, 0.6) is 5.75 Å². The molecule has 0 radical (unpaired) electrons. The van der Waals surface area contributed by atoms with E-state index in [4.69, 9.17) is 26.3 Å². The van der Waals surface area contributed by atoms with E-state index >= 15 is 0 Å². The van der Waals surface area contributed by atoms with Gasteiger partial charge in [-0.1, -0.05) is 41.9 Å². The maximum atomic E-state index is 13.6. The van der Waals surface area contributed by atoms with Gasteiger partial charge in [0.15, 0.2) is 0 Å². The van der Waals surface area contributed by atoms with Crippen molar-refractivity contribution >= 4 is 17.4 Å². The molecule has 0 fully saturated rings. The van der Waals surface area contributed by atoms with E-state index in [-0.39, 0.29) is 22.9 Å². The van der Waals surface area contributed by atoms with Gasteiger partial charge in [-0.05, 0) is 13.0 Å². The van der Waals surface area contributed by atoms with Crippen molar-refractivity contribution in [1.29, 1.82) is 5.26 Å². The predicted octanol–water partition coefficient (Wildman–Crippen LogP) is 3.98. The van der Waals surface area contributed by atoms with E-state index in [1.807, 2.05) is 6.07 Å². The Morgan fingerprint density at radius 3 is 2.65 bits per heavy atom. The van der Waals surface area contributed by atoms with E-state index < -0.39 is 17.9 Å². The fourth-order valence-electron chi connectivity index (χ4n) is 1.88. The summed E-state index contributed by atoms with van der Waals surface area (Å²) >= 11 is 5.64. The van der Waals surface area contributed by atoms with Crippen LogP contribution in [0.2, 0.25) is 5.02 Å². The summed E-state index contributed by atoms with van der Waals surface area (Å²) in [6.45, 7) is 1.91. The van der Waals surface area contributed by atoms with Gasteiger partial charge in [0, 0.05) is 18.2 Å². The van der Waals surface area contributed by atoms with Crippen LogP contribution in [0.15, 0.2) is 42.5 Å². The molecule has 0 N–H and O–H groups in total. The maximum Gasteiger partial charge on any atom is 0.264 e. The minimum absolute atomic E-state index is 0.0157. The summed E-state index contributed by atoms with van der Waals surface area (Å²) in [7, 11) is 0. The molecule has 2 aromatic carbocycles. The van der Waals surface area contributed by atoms with Crippen LogP contribution in [0.3, 0.4) is 0 Å². The number of rotatable bonds is 6. The molecular formula is C17H13ClFNO3. The third kappa shape index (κ3) is 4.07. The monoisotopic (exact) mass is 333 g/mol. The van der Waals surface area contributed by atoms with Gasteiger partial charge in [-0.2, -0.15) is 5.26 Å². The molecule has 118 valence electrons. The maximum absolute atomic E-state index is 13.6. The standard InChI is InChI=1S/C17H13ClFNO3/c1-2-22-17(16(21)11-6-4-3-5-7-11)23-15-9-14(19)13(18)8-12(15)10-20/h3-9,17H,2H2,1H3. The molecule has 1 unspecified atom stereocenters. The minimum Gasteiger partial charge on any atom is -0.455 e. The van der Waals surface area contributed by atoms with Crippen LogP contribution in [0, 0.1) is 17.1 Å². The highest BCUT2D eigenvalue weighted by Gasteiger charge is 2.24. The van der Waals surface area contributed by atoms with Gasteiger partial charge in [0.2, 0.25) is 5.78 Å². The van der Waals surface area contributed by atoms with Gasteiger partial charge in [-0.3, -0.25) is 4.79 Å². The topological polar surface area (TPSA) is 59.3 Å². The van der Waals surface area contributed by atoms with Gasteiger partial charge < -0.3 is 9.47 Å². The molecule has 0 spiro atoms. The van der Waals surface area contributed by atoms with E-state index in [1.54, 1.807) is 37.3 Å². The Balaban J connectivity index is 2.32. The summed E-state index contributed by atoms with van der Waals surface area (Å²) in [6, 6.07) is 12.4. The average molecular weight is 334 g/mol. The lowest BCUT2D eigenvalue weighted by atomic mass is 10.1. The summed E-state index contributed by atoms with van der Waals surface area (Å²) in [5.74, 6) is -1.27. The molecule has 23 heavy (non-hydrogen) atoms. The second-order valence-electron chi connectivity index (χ2n) is 4.51. The van der Waals surface area contributed by atoms with Gasteiger partial charge in [-0.25, -0.2) is 4.39 Å². The largest absolute Gasteiger partial charge is 0.455 e. The number of hydrogen-bond acceptors (Lipinski definition) is 4. The zero-order valence-corrected chi connectivity index (χ0v) is 13.0. The van der Waals surface area contributed by atoms with E-state index in [0.29, 0.717) is 5.56 Å². The summed E-state index contributed by atoms with van der Waals surface area (Å²) < 4.78 is 24.3. The number of benzene rings is 2. The molecule has 2 aromatic rings. The predicted molar refractivity (Wildman–Crippen MR) is 82.9 cm³/mol. The Morgan fingerprint density at radius 1 is 1.35 bits per heavy atom. The molecule has 0 aromatic heterocycles. The first-order valence-electron chi connectivity index (χ1n) is 6.83. The fourth-order valence-corrected chi connectivity index (χ4v) is 2.05. The SMILES string of the molecule is CCOC(Oc1cc(F)c(Cl)cc1C#N)C(=O)c1ccccc1. The number of ether oxygens (including phenoxy) is 2. The number of hydrogen-bond donors (Lipinski definition) is 0. The van der Waals surface area contributed by atoms with E-state index in [2.05, 4.69) is 0 Å². The van der Waals surface area contributed by atoms with Crippen LogP contribution >= 0.6 is 11.6 Å². The molecule has 0 aliphatic rings. The number of carbonyl (C=O) groups is 1. The molecule has 0 amide bonds. The van der Waals surface area contributed by atoms with Crippen LogP contribution < -0.4 is 4.74 Å². The summed E-state index contributed by atoms with van der Waals surface area (Å²) in [4.78, 5) is 12.4. The Kier molecular flexibility index (Phi) is 5.69. The van der Waals surface area contributed by atoms with Gasteiger partial charge in [0.25, 0.3) is 6.29 Å². The Morgan fingerprint density at radius 2 is 2.04 bits per heavy atom. The smallest absolute Gasteiger partial charge is 0.264 e. The molecule has 0 aliphatic carbocycles. The number of nitriles is 1. The van der Waals surface area contributed by atoms with Gasteiger partial charge in [0.1, 0.15) is 17.6 Å². The highest BCUT2D eigenvalue weighted by molar-refractivity contribution is 6.30. The highest BCUT2D eigenvalue weighted by Crippen LogP contribution is 2.27. The van der Waals surface area contributed by atoms with Crippen molar-refractivity contribution in [3.63, 3.8) is 0 Å². The quantitative estimate of drug-likeness (QED) is 0.592. The third-order valence-electron chi connectivity index (χ3n) is 2.97. The normalized spacial score (nSPS) is 11.6. The van der Waals surface area contributed by atoms with Crippen molar-refractivity contribution in [2.45, 2.75) is 13.2 Å². The molecule has 4 nitrogen and oxygen atoms in total. The van der Waals surface area contributed by atoms with E-state index in [0.717, 1.165) is 12.1 Å². The zero-order valence-electron chi connectivity index (χ0n) is 12.3. The van der Waals surface area contributed by atoms with E-state index in [1.165, 1.54) is 0 Å². The molecule has 2 rings (SSSR count). The minimum atomic E-state index is -1.28. The summed E-state index contributed by atoms with van der Waals surface area (Å²) in [5.41, 5.74) is 0.404. The van der Waals surface area contributed by atoms with Crippen LogP contribution in [0.1, 0.15) is 22.8 Å². The van der Waals surface area contributed by atoms with Crippen molar-refractivity contribution in [2.24, 2.45) is 0 Å². The number of Topliss-reactive ketones (excluding diaryl/α,β-unsaturated/α-hetero) is 1. The second kappa shape index (κ2) is 7.73. The van der Waals surface area contributed by atoms with Gasteiger partial charge >= 0.3 is 0 Å². The van der Waals surface area contributed by atoms with Crippen molar-refractivity contribution < 1.29 is 18.7 Å². The Labute approximate surface area is 138 Å². The zero-order chi connectivity index (χ0) is 16.8. The molecule has 0 saturated heterocycles. The average Bonchev–Trinajstić information content (AvgIpc) is 2.57. The molecule has 6 heteroatoms. The Hall–Kier alpha value is -2.42. The van der Waals surface area contributed by atoms with Crippen molar-refractivity contribution in [3.8, 4) is 11.8 Å². The lowest BCUT2D eigenvalue weighted by Gasteiger charge is -2.18. The number of nitrogens with zero attached hydrogens (tertiary/aromatic N) is 1. The first-order chi connectivity index (χ1) is 11.1. The second-order valence-corrected chi connectivity index (χ2v) is 4.92. The molecular weight excluding hydrogens is 321 g/mol. The van der Waals surface area contributed by atoms with Crippen molar-refractivity contribution in [1.82, 2.24) is 0 Å². The van der Waals surface area contributed by atoms with Crippen molar-refractivity contribution in [3.05, 3.63) is 64.4 Å². The first kappa shape index (κ1) is 16.9. The Bertz CT molecular complexity index is 743. The highest BCUT2D eigenvalue weighted by atomic mass is 35.5. The van der Waals surface area contributed by atoms with Crippen LogP contribution in [0.4, 0.5) is 4.39 Å². The number of ketones is 1. The lowest BCUT2D eigenvalue weighted by molar-refractivity contribution is -0.0516. The third-order valence-corrected chi connectivity index (χ3v) is 3.26. The fraction of sp³-hybridized carbons (Fsp3) is 0.176. The van der Waals surface area contributed by atoms with Gasteiger partial charge in [0.05, 0.1) is 10.6 Å². The van der Waals surface area contributed by atoms with E-state index in [9.17, 15) is 9.18 Å². The van der Waals surface area contributed by atoms with Crippen LogP contribution in [-0.4, -0.2) is 18.7 Å². The molecule has 0 saturated carbocycles. The number of carbonyl (C=O) groups excluding carboxylic acids is 1. The van der Waals surface area contributed by atoms with Gasteiger partial charge in [-0.15, -0.1) is 0 Å². The molecule has 0 heterocycles. The van der Waals surface area contributed by atoms with Crippen LogP contribution in [-0.2, 0) is 4.74 Å². The molecule has 1 atom stereocenters. The lowest BCUT2D eigenvalue weighted by Crippen LogP contribution is -2.31. The summed E-state index contributed by atoms with van der Waals surface area (Å²) in [6.07, 6.45) is -1.28. The molecule has 0 aliphatic heterocycles. The first-order valence-corrected chi connectivity index (χ1v) is 7.21.